The van der Waals surface area contributed by atoms with Crippen LogP contribution < -0.4 is 20.9 Å². The van der Waals surface area contributed by atoms with Crippen LogP contribution in [0.1, 0.15) is 41.3 Å². The number of aryl methyl sites for hydroxylation is 1. The van der Waals surface area contributed by atoms with Crippen molar-refractivity contribution in [1.29, 1.82) is 0 Å². The van der Waals surface area contributed by atoms with Gasteiger partial charge in [-0.3, -0.25) is 4.79 Å². The molecular formula is C29H34N6O2. The first-order valence-corrected chi connectivity index (χ1v) is 12.8. The maximum Gasteiger partial charge on any atom is 0.227 e. The standard InChI is InChI=1S/C29H34N6O2/c1-19-6-11-23-24(17-19)32-29(35(2)3)34-27(23)31-18-20-7-9-21(10-8-20)26(25-5-4-16-37-25)33-28(36)22-12-14-30-15-13-22/h4-11,16-17,22,26,30H,12-15,18H2,1-3H3,(H,33,36)(H,31,32,34). The largest absolute Gasteiger partial charge is 0.467 e. The first-order valence-electron chi connectivity index (χ1n) is 12.8. The Morgan fingerprint density at radius 1 is 1.11 bits per heavy atom. The molecule has 0 spiro atoms. The number of rotatable bonds is 8. The van der Waals surface area contributed by atoms with Crippen LogP contribution in [0.2, 0.25) is 0 Å². The maximum absolute atomic E-state index is 13.0. The molecule has 0 saturated carbocycles. The lowest BCUT2D eigenvalue weighted by atomic mass is 9.95. The van der Waals surface area contributed by atoms with Crippen molar-refractivity contribution in [2.24, 2.45) is 5.92 Å². The molecule has 3 heterocycles. The number of furan rings is 1. The number of piperidine rings is 1. The van der Waals surface area contributed by atoms with Gasteiger partial charge in [-0.1, -0.05) is 30.3 Å². The first-order chi connectivity index (χ1) is 18.0. The zero-order chi connectivity index (χ0) is 25.8. The number of hydrogen-bond acceptors (Lipinski definition) is 7. The molecule has 37 heavy (non-hydrogen) atoms. The summed E-state index contributed by atoms with van der Waals surface area (Å²) in [7, 11) is 3.89. The monoisotopic (exact) mass is 498 g/mol. The third-order valence-electron chi connectivity index (χ3n) is 6.84. The second kappa shape index (κ2) is 11.0. The van der Waals surface area contributed by atoms with Gasteiger partial charge in [0.15, 0.2) is 0 Å². The van der Waals surface area contributed by atoms with E-state index in [2.05, 4.69) is 65.3 Å². The molecule has 3 N–H and O–H groups in total. The van der Waals surface area contributed by atoms with Crippen LogP contribution in [0.5, 0.6) is 0 Å². The fourth-order valence-corrected chi connectivity index (χ4v) is 4.69. The summed E-state index contributed by atoms with van der Waals surface area (Å²) in [5, 5.41) is 11.0. The van der Waals surface area contributed by atoms with Crippen LogP contribution in [0.3, 0.4) is 0 Å². The third kappa shape index (κ3) is 5.75. The van der Waals surface area contributed by atoms with E-state index >= 15 is 0 Å². The number of amides is 1. The molecule has 1 atom stereocenters. The van der Waals surface area contributed by atoms with Crippen molar-refractivity contribution in [3.63, 3.8) is 0 Å². The van der Waals surface area contributed by atoms with Gasteiger partial charge in [0.2, 0.25) is 11.9 Å². The Bertz CT molecular complexity index is 1350. The van der Waals surface area contributed by atoms with Crippen molar-refractivity contribution in [1.82, 2.24) is 20.6 Å². The highest BCUT2D eigenvalue weighted by molar-refractivity contribution is 5.90. The van der Waals surface area contributed by atoms with Gasteiger partial charge in [-0.15, -0.1) is 0 Å². The smallest absolute Gasteiger partial charge is 0.227 e. The van der Waals surface area contributed by atoms with Crippen molar-refractivity contribution >= 4 is 28.6 Å². The summed E-state index contributed by atoms with van der Waals surface area (Å²) in [6.07, 6.45) is 3.36. The van der Waals surface area contributed by atoms with Gasteiger partial charge in [0.05, 0.1) is 11.8 Å². The molecule has 0 radical (unpaired) electrons. The number of anilines is 2. The summed E-state index contributed by atoms with van der Waals surface area (Å²) in [6.45, 7) is 4.43. The van der Waals surface area contributed by atoms with Crippen molar-refractivity contribution in [3.05, 3.63) is 83.3 Å². The average Bonchev–Trinajstić information content (AvgIpc) is 3.45. The molecule has 1 unspecified atom stereocenters. The molecule has 1 aliphatic heterocycles. The fraction of sp³-hybridized carbons (Fsp3) is 0.345. The Labute approximate surface area is 217 Å². The van der Waals surface area contributed by atoms with Crippen LogP contribution in [0.25, 0.3) is 10.9 Å². The number of carbonyl (C=O) groups is 1. The second-order valence-electron chi connectivity index (χ2n) is 9.86. The highest BCUT2D eigenvalue weighted by Crippen LogP contribution is 2.27. The molecule has 0 aliphatic carbocycles. The summed E-state index contributed by atoms with van der Waals surface area (Å²) in [6, 6.07) is 17.9. The summed E-state index contributed by atoms with van der Waals surface area (Å²) in [5.41, 5.74) is 4.17. The lowest BCUT2D eigenvalue weighted by molar-refractivity contribution is -0.126. The van der Waals surface area contributed by atoms with E-state index in [4.69, 9.17) is 14.4 Å². The highest BCUT2D eigenvalue weighted by atomic mass is 16.3. The molecule has 2 aromatic carbocycles. The number of fused-ring (bicyclic) bond motifs is 1. The number of carbonyl (C=O) groups excluding carboxylic acids is 1. The highest BCUT2D eigenvalue weighted by Gasteiger charge is 2.26. The van der Waals surface area contributed by atoms with Crippen molar-refractivity contribution < 1.29 is 9.21 Å². The van der Waals surface area contributed by atoms with Gasteiger partial charge in [0, 0.05) is 31.9 Å². The number of benzene rings is 2. The van der Waals surface area contributed by atoms with Gasteiger partial charge in [-0.05, 0) is 73.8 Å². The van der Waals surface area contributed by atoms with Gasteiger partial charge in [0.1, 0.15) is 17.6 Å². The minimum absolute atomic E-state index is 0.0284. The van der Waals surface area contributed by atoms with Crippen LogP contribution in [0, 0.1) is 12.8 Å². The van der Waals surface area contributed by atoms with Crippen LogP contribution in [-0.4, -0.2) is 43.1 Å². The Morgan fingerprint density at radius 3 is 2.59 bits per heavy atom. The van der Waals surface area contributed by atoms with E-state index < -0.39 is 0 Å². The van der Waals surface area contributed by atoms with E-state index in [9.17, 15) is 4.79 Å². The topological polar surface area (TPSA) is 95.3 Å². The lowest BCUT2D eigenvalue weighted by Crippen LogP contribution is -2.39. The Balaban J connectivity index is 1.33. The Kier molecular flexibility index (Phi) is 7.37. The molecule has 192 valence electrons. The zero-order valence-electron chi connectivity index (χ0n) is 21.6. The van der Waals surface area contributed by atoms with Gasteiger partial charge in [-0.25, -0.2) is 4.98 Å². The Hall–Kier alpha value is -3.91. The molecule has 1 aliphatic rings. The summed E-state index contributed by atoms with van der Waals surface area (Å²) >= 11 is 0. The SMILES string of the molecule is Cc1ccc2c(NCc3ccc(C(NC(=O)C4CCNCC4)c4ccco4)cc3)nc(N(C)C)nc2c1. The third-order valence-corrected chi connectivity index (χ3v) is 6.84. The van der Waals surface area contributed by atoms with Crippen LogP contribution >= 0.6 is 0 Å². The van der Waals surface area contributed by atoms with Crippen molar-refractivity contribution in [2.75, 3.05) is 37.4 Å². The van der Waals surface area contributed by atoms with Crippen molar-refractivity contribution in [2.45, 2.75) is 32.4 Å². The molecule has 1 fully saturated rings. The van der Waals surface area contributed by atoms with Gasteiger partial charge < -0.3 is 25.3 Å². The van der Waals surface area contributed by atoms with Gasteiger partial charge >= 0.3 is 0 Å². The first kappa shape index (κ1) is 24.8. The predicted octanol–water partition coefficient (Wildman–Crippen LogP) is 4.41. The minimum Gasteiger partial charge on any atom is -0.467 e. The molecule has 5 rings (SSSR count). The molecule has 1 saturated heterocycles. The molecule has 8 heteroatoms. The van der Waals surface area contributed by atoms with E-state index in [-0.39, 0.29) is 17.9 Å². The number of hydrogen-bond donors (Lipinski definition) is 3. The summed E-state index contributed by atoms with van der Waals surface area (Å²) in [5.74, 6) is 2.31. The Morgan fingerprint density at radius 2 is 1.89 bits per heavy atom. The van der Waals surface area contributed by atoms with Crippen molar-refractivity contribution in [3.8, 4) is 0 Å². The molecule has 8 nitrogen and oxygen atoms in total. The molecule has 1 amide bonds. The van der Waals surface area contributed by atoms with Gasteiger partial charge in [0.25, 0.3) is 0 Å². The van der Waals surface area contributed by atoms with Gasteiger partial charge in [-0.2, -0.15) is 4.98 Å². The van der Waals surface area contributed by atoms with Crippen LogP contribution in [-0.2, 0) is 11.3 Å². The lowest BCUT2D eigenvalue weighted by Gasteiger charge is -2.25. The summed E-state index contributed by atoms with van der Waals surface area (Å²) in [4.78, 5) is 24.3. The molecule has 4 aromatic rings. The number of nitrogens with zero attached hydrogens (tertiary/aromatic N) is 3. The normalized spacial score (nSPS) is 14.9. The van der Waals surface area contributed by atoms with E-state index in [1.54, 1.807) is 6.26 Å². The predicted molar refractivity (Wildman–Crippen MR) is 147 cm³/mol. The maximum atomic E-state index is 13.0. The quantitative estimate of drug-likeness (QED) is 0.331. The molecule has 2 aromatic heterocycles. The minimum atomic E-state index is -0.323. The fourth-order valence-electron chi connectivity index (χ4n) is 4.69. The van der Waals surface area contributed by atoms with E-state index in [0.29, 0.717) is 12.5 Å². The second-order valence-corrected chi connectivity index (χ2v) is 9.86. The average molecular weight is 499 g/mol. The van der Waals surface area contributed by atoms with E-state index in [0.717, 1.165) is 65.1 Å². The van der Waals surface area contributed by atoms with Crippen LogP contribution in [0.4, 0.5) is 11.8 Å². The van der Waals surface area contributed by atoms with E-state index in [1.165, 1.54) is 0 Å². The molecule has 0 bridgehead atoms. The summed E-state index contributed by atoms with van der Waals surface area (Å²) < 4.78 is 5.70. The zero-order valence-corrected chi connectivity index (χ0v) is 21.6. The molecular weight excluding hydrogens is 464 g/mol. The van der Waals surface area contributed by atoms with E-state index in [1.807, 2.05) is 31.1 Å². The van der Waals surface area contributed by atoms with Crippen LogP contribution in [0.15, 0.2) is 65.3 Å². The number of aromatic nitrogens is 2. The number of nitrogens with one attached hydrogen (secondary N) is 3.